The van der Waals surface area contributed by atoms with E-state index in [0.717, 1.165) is 40.4 Å². The summed E-state index contributed by atoms with van der Waals surface area (Å²) in [5.74, 6) is -10.1. The van der Waals surface area contributed by atoms with Crippen LogP contribution in [0.3, 0.4) is 0 Å². The zero-order valence-corrected chi connectivity index (χ0v) is 45.5. The number of carbonyl (C=O) groups excluding carboxylic acids is 2. The van der Waals surface area contributed by atoms with E-state index in [1.807, 2.05) is 11.8 Å². The van der Waals surface area contributed by atoms with Gasteiger partial charge in [0.15, 0.2) is 17.3 Å². The number of pyridine rings is 1. The van der Waals surface area contributed by atoms with Crippen molar-refractivity contribution in [3.63, 3.8) is 0 Å². The summed E-state index contributed by atoms with van der Waals surface area (Å²) in [7, 11) is -0.664. The number of nitrogens with one attached hydrogen (secondary N) is 1. The molecule has 2 aliphatic carbocycles. The van der Waals surface area contributed by atoms with Crippen molar-refractivity contribution < 1.29 is 72.9 Å². The highest BCUT2D eigenvalue weighted by Gasteiger charge is 2.68. The highest BCUT2D eigenvalue weighted by molar-refractivity contribution is 8.00. The average molecular weight is 1170 g/mol. The normalized spacial score (nSPS) is 15.9. The number of hydrogen-bond acceptors (Lipinski definition) is 11. The lowest BCUT2D eigenvalue weighted by atomic mass is 9.93. The SMILES string of the molecule is CCc1ccc(-c2ccc(Cl)c3c(N(SC)C(=O)N(C)c4ccccc4OP(O)O)nn(CC(F)(F)F)c23)c(C(Cc2cc(F)cc(F)c2)NC(=O)Cn2nc(C(F)(F)F)c3c2C(F)(F)[C@@H]2C[C@H]32)n1.CO.CSC(C)(C)C. The summed E-state index contributed by atoms with van der Waals surface area (Å²) in [5.41, 5.74) is -3.64. The number of aliphatic hydroxyl groups excluding tert-OH is 1. The van der Waals surface area contributed by atoms with Crippen molar-refractivity contribution >= 4 is 78.3 Å². The number of anilines is 2. The topological polar surface area (TPSA) is 171 Å². The first-order chi connectivity index (χ1) is 36.0. The number of amides is 3. The molecule has 2 aliphatic rings. The van der Waals surface area contributed by atoms with Gasteiger partial charge >= 0.3 is 27.0 Å². The molecule has 0 bridgehead atoms. The van der Waals surface area contributed by atoms with Crippen molar-refractivity contribution in [2.24, 2.45) is 5.92 Å². The van der Waals surface area contributed by atoms with Gasteiger partial charge in [0, 0.05) is 59.5 Å². The first kappa shape index (κ1) is 60.9. The molecule has 0 radical (unpaired) electrons. The fraction of sp³-hybridized carbons (Fsp3) is 0.408. The number of aryl methyl sites for hydroxylation is 1. The third-order valence-electron chi connectivity index (χ3n) is 12.2. The number of para-hydroxylation sites is 2. The second-order valence-electron chi connectivity index (χ2n) is 18.4. The molecule has 3 aromatic heterocycles. The van der Waals surface area contributed by atoms with Gasteiger partial charge in [-0.3, -0.25) is 24.0 Å². The molecule has 14 nitrogen and oxygen atoms in total. The molecule has 8 rings (SSSR count). The highest BCUT2D eigenvalue weighted by atomic mass is 35.5. The van der Waals surface area contributed by atoms with Gasteiger partial charge in [0.25, 0.3) is 5.92 Å². The Bertz CT molecular complexity index is 3100. The van der Waals surface area contributed by atoms with Gasteiger partial charge in [-0.05, 0) is 85.3 Å². The van der Waals surface area contributed by atoms with Crippen molar-refractivity contribution in [3.8, 4) is 16.9 Å². The fourth-order valence-electron chi connectivity index (χ4n) is 8.66. The van der Waals surface area contributed by atoms with Crippen LogP contribution in [0.2, 0.25) is 5.02 Å². The number of rotatable bonds is 14. The summed E-state index contributed by atoms with van der Waals surface area (Å²) in [6, 6.07) is 11.2. The highest BCUT2D eigenvalue weighted by Crippen LogP contribution is 2.68. The van der Waals surface area contributed by atoms with Gasteiger partial charge in [-0.25, -0.2) is 17.9 Å². The molecule has 3 atom stereocenters. The van der Waals surface area contributed by atoms with E-state index in [1.54, 1.807) is 6.92 Å². The lowest BCUT2D eigenvalue weighted by Gasteiger charge is -2.26. The minimum Gasteiger partial charge on any atom is -0.425 e. The number of thioether (sulfide) groups is 1. The van der Waals surface area contributed by atoms with E-state index in [4.69, 9.17) is 26.2 Å². The lowest BCUT2D eigenvalue weighted by Crippen LogP contribution is -2.37. The molecule has 6 aromatic rings. The van der Waals surface area contributed by atoms with Crippen LogP contribution in [0.1, 0.15) is 80.0 Å². The maximum atomic E-state index is 15.5. The third-order valence-corrected chi connectivity index (χ3v) is 14.8. The predicted octanol–water partition coefficient (Wildman–Crippen LogP) is 12.4. The van der Waals surface area contributed by atoms with Gasteiger partial charge in [0.2, 0.25) is 5.91 Å². The second kappa shape index (κ2) is 23.9. The standard InChI is InChI=1S/C43H36ClF10N8O5PS.C5H12S.CH4O/c1-4-23-9-10-24(25-11-12-28(44)34-36(25)61(19-41(47,48)49)58-39(34)62(69-3)40(64)59(2)30-7-5-6-8-31(30)67-68(65)66)35(55-23)29(15-20-13-21(45)16-22(46)14-20)56-32(63)18-60-38-33(37(57-60)43(52,53)54)26-17-27(26)42(38,50)51;1-5(2,3)6-4;1-2/h5-14,16,26-27,29,65-66H,4,15,17-19H2,1-3H3,(H,56,63);1-4H3;2H,1H3/t26-,27+,29?;;/m0../s1. The van der Waals surface area contributed by atoms with Crippen LogP contribution in [0.4, 0.5) is 60.2 Å². The van der Waals surface area contributed by atoms with Crippen LogP contribution in [-0.4, -0.2) is 89.0 Å². The molecule has 1 fully saturated rings. The molecule has 1 saturated carbocycles. The number of fused-ring (bicyclic) bond motifs is 4. The summed E-state index contributed by atoms with van der Waals surface area (Å²) < 4.78 is 154. The van der Waals surface area contributed by atoms with Gasteiger partial charge in [-0.15, -0.1) is 0 Å². The Morgan fingerprint density at radius 2 is 1.57 bits per heavy atom. The van der Waals surface area contributed by atoms with Crippen molar-refractivity contribution in [1.82, 2.24) is 29.9 Å². The maximum absolute atomic E-state index is 15.5. The zero-order valence-electron chi connectivity index (χ0n) is 42.2. The number of halogens is 11. The first-order valence-corrected chi connectivity index (χ1v) is 27.1. The molecule has 0 aliphatic heterocycles. The van der Waals surface area contributed by atoms with E-state index in [9.17, 15) is 54.5 Å². The van der Waals surface area contributed by atoms with E-state index in [-0.39, 0.29) is 67.3 Å². The summed E-state index contributed by atoms with van der Waals surface area (Å²) in [6.45, 7) is 5.38. The van der Waals surface area contributed by atoms with Gasteiger partial charge in [0.1, 0.15) is 30.4 Å². The number of alkyl halides is 8. The minimum absolute atomic E-state index is 0.0176. The van der Waals surface area contributed by atoms with Crippen molar-refractivity contribution in [1.29, 1.82) is 0 Å². The molecule has 77 heavy (non-hydrogen) atoms. The molecule has 28 heteroatoms. The lowest BCUT2D eigenvalue weighted by molar-refractivity contribution is -0.143. The van der Waals surface area contributed by atoms with Crippen LogP contribution in [-0.2, 0) is 42.8 Å². The fourth-order valence-corrected chi connectivity index (χ4v) is 9.80. The summed E-state index contributed by atoms with van der Waals surface area (Å²) in [5, 5.41) is 16.8. The predicted molar refractivity (Wildman–Crippen MR) is 276 cm³/mol. The van der Waals surface area contributed by atoms with Crippen LogP contribution in [0, 0.1) is 17.6 Å². The first-order valence-electron chi connectivity index (χ1n) is 23.1. The quantitative estimate of drug-likeness (QED) is 0.0465. The molecule has 1 unspecified atom stereocenters. The van der Waals surface area contributed by atoms with Crippen molar-refractivity contribution in [3.05, 3.63) is 117 Å². The molecule has 3 heterocycles. The van der Waals surface area contributed by atoms with E-state index < -0.39 is 111 Å². The average Bonchev–Trinajstić information content (AvgIpc) is 3.99. The molecule has 3 amide bonds. The number of aromatic nitrogens is 5. The van der Waals surface area contributed by atoms with Crippen LogP contribution in [0.25, 0.3) is 22.0 Å². The van der Waals surface area contributed by atoms with E-state index in [2.05, 4.69) is 42.5 Å². The number of urea groups is 1. The Hall–Kier alpha value is -5.37. The van der Waals surface area contributed by atoms with Crippen LogP contribution in [0.5, 0.6) is 5.75 Å². The maximum Gasteiger partial charge on any atom is 0.435 e. The van der Waals surface area contributed by atoms with Crippen LogP contribution >= 0.6 is 43.9 Å². The Balaban J connectivity index is 0.00000112. The monoisotopic (exact) mass is 1170 g/mol. The molecule has 4 N–H and O–H groups in total. The van der Waals surface area contributed by atoms with Crippen molar-refractivity contribution in [2.45, 2.75) is 95.0 Å². The van der Waals surface area contributed by atoms with Crippen LogP contribution in [0.15, 0.2) is 66.7 Å². The largest absolute Gasteiger partial charge is 0.435 e. The molecule has 3 aromatic carbocycles. The second-order valence-corrected chi connectivity index (χ2v) is 21.8. The Morgan fingerprint density at radius 3 is 2.14 bits per heavy atom. The van der Waals surface area contributed by atoms with Crippen molar-refractivity contribution in [2.75, 3.05) is 35.9 Å². The molecular weight excluding hydrogens is 1120 g/mol. The molecule has 418 valence electrons. The zero-order chi connectivity index (χ0) is 57.3. The Morgan fingerprint density at radius 1 is 0.948 bits per heavy atom. The van der Waals surface area contributed by atoms with E-state index in [0.29, 0.717) is 21.2 Å². The molecular formula is C49H52ClF10N8O6PS2. The molecule has 0 saturated heterocycles. The minimum atomic E-state index is -5.15. The number of aliphatic hydroxyl groups is 1. The Kier molecular flexibility index (Phi) is 18.9. The molecule has 0 spiro atoms. The van der Waals surface area contributed by atoms with Gasteiger partial charge in [-0.2, -0.15) is 57.1 Å². The number of carbonyl (C=O) groups is 2. The van der Waals surface area contributed by atoms with Crippen LogP contribution < -0.4 is 19.0 Å². The van der Waals surface area contributed by atoms with E-state index >= 15 is 8.78 Å². The third kappa shape index (κ3) is 13.7. The van der Waals surface area contributed by atoms with Gasteiger partial charge in [0.05, 0.1) is 33.3 Å². The van der Waals surface area contributed by atoms with Gasteiger partial charge < -0.3 is 24.7 Å². The Labute approximate surface area is 450 Å². The number of benzene rings is 3. The summed E-state index contributed by atoms with van der Waals surface area (Å²) >= 11 is 9.38. The van der Waals surface area contributed by atoms with Gasteiger partial charge in [-0.1, -0.05) is 63.6 Å². The number of nitrogens with zero attached hydrogens (tertiary/aromatic N) is 7. The summed E-state index contributed by atoms with van der Waals surface area (Å²) in [4.78, 5) is 53.2. The number of hydrogen-bond donors (Lipinski definition) is 4. The van der Waals surface area contributed by atoms with E-state index in [1.165, 1.54) is 61.8 Å². The smallest absolute Gasteiger partial charge is 0.425 e. The summed E-state index contributed by atoms with van der Waals surface area (Å²) in [6.07, 6.45) is -7.06.